The van der Waals surface area contributed by atoms with Crippen molar-refractivity contribution in [3.8, 4) is 0 Å². The fourth-order valence-electron chi connectivity index (χ4n) is 5.20. The summed E-state index contributed by atoms with van der Waals surface area (Å²) in [6.07, 6.45) is 6.35. The first-order valence-corrected chi connectivity index (χ1v) is 18.6. The van der Waals surface area contributed by atoms with Gasteiger partial charge in [0, 0.05) is 34.0 Å². The summed E-state index contributed by atoms with van der Waals surface area (Å²) in [5.41, 5.74) is 10.7. The van der Waals surface area contributed by atoms with Gasteiger partial charge in [-0.3, -0.25) is 14.4 Å². The number of nitrogens with one attached hydrogen (secondary N) is 2. The third-order valence-corrected chi connectivity index (χ3v) is 9.44. The van der Waals surface area contributed by atoms with E-state index in [9.17, 15) is 19.2 Å². The molecule has 6 unspecified atom stereocenters. The molecule has 280 valence electrons. The van der Waals surface area contributed by atoms with Gasteiger partial charge in [-0.1, -0.05) is 54.4 Å². The van der Waals surface area contributed by atoms with E-state index in [2.05, 4.69) is 52.2 Å². The molecular formula is C33H71N6O7P. The first-order chi connectivity index (χ1) is 22.3. The van der Waals surface area contributed by atoms with Crippen LogP contribution in [0.4, 0.5) is 0 Å². The van der Waals surface area contributed by atoms with Crippen LogP contribution in [0, 0.1) is 11.8 Å². The standard InChI is InChI=1S/C21H41N3O4.C5H10NO3P.C4H12N2.C3H8/c1-8-15(4)20(23(5)19(26)13-22)17(27-6)12-18(25)24-11-9-10-16(24)21(28-7)14(2)3;1-5(6-4-8)10(9)3-2-7;1-6-4-2-3-5;1-3-2/h14-17,20-21H,8-13,22H2,1-7H3;2,4-5,9H,3H2,1H3,(H,6,8);6H,2-5H2,1H3;3H2,1-2H3/t;5-,10?;;/m.1../s1. The smallest absolute Gasteiger partial charge is 0.236 e. The highest BCUT2D eigenvalue weighted by Crippen LogP contribution is 2.32. The largest absolute Gasteiger partial charge is 0.379 e. The summed E-state index contributed by atoms with van der Waals surface area (Å²) in [6, 6.07) is -0.0974. The van der Waals surface area contributed by atoms with E-state index in [1.165, 1.54) is 6.42 Å². The van der Waals surface area contributed by atoms with E-state index in [1.54, 1.807) is 33.1 Å². The van der Waals surface area contributed by atoms with E-state index in [0.29, 0.717) is 18.6 Å². The molecule has 3 amide bonds. The van der Waals surface area contributed by atoms with Crippen LogP contribution in [0.1, 0.15) is 87.0 Å². The maximum Gasteiger partial charge on any atom is 0.236 e. The molecule has 7 atom stereocenters. The molecule has 0 aliphatic carbocycles. The third kappa shape index (κ3) is 21.1. The van der Waals surface area contributed by atoms with Crippen LogP contribution >= 0.6 is 8.15 Å². The fourth-order valence-corrected chi connectivity index (χ4v) is 5.90. The fraction of sp³-hybridized carbons (Fsp3) is 0.879. The number of nitrogens with zero attached hydrogens (tertiary/aromatic N) is 2. The zero-order chi connectivity index (χ0) is 36.9. The molecule has 0 bridgehead atoms. The van der Waals surface area contributed by atoms with Crippen molar-refractivity contribution in [2.45, 2.75) is 117 Å². The number of hydrogen-bond donors (Lipinski definition) is 5. The van der Waals surface area contributed by atoms with Crippen molar-refractivity contribution < 1.29 is 33.5 Å². The molecule has 47 heavy (non-hydrogen) atoms. The number of rotatable bonds is 19. The van der Waals surface area contributed by atoms with Gasteiger partial charge in [0.15, 0.2) is 0 Å². The molecule has 0 aromatic heterocycles. The van der Waals surface area contributed by atoms with Crippen LogP contribution in [0.15, 0.2) is 0 Å². The number of amides is 3. The second kappa shape index (κ2) is 31.5. The highest BCUT2D eigenvalue weighted by molar-refractivity contribution is 7.53. The summed E-state index contributed by atoms with van der Waals surface area (Å²) in [6.45, 7) is 16.8. The molecule has 1 aliphatic heterocycles. The van der Waals surface area contributed by atoms with Crippen molar-refractivity contribution in [1.82, 2.24) is 20.4 Å². The van der Waals surface area contributed by atoms with E-state index in [-0.39, 0.29) is 66.9 Å². The number of carbonyl (C=O) groups excluding carboxylic acids is 4. The monoisotopic (exact) mass is 695 g/mol. The highest BCUT2D eigenvalue weighted by atomic mass is 31.1. The number of hydrogen-bond acceptors (Lipinski definition) is 10. The van der Waals surface area contributed by atoms with Gasteiger partial charge in [0.05, 0.1) is 51.2 Å². The minimum absolute atomic E-state index is 0.0271. The Bertz CT molecular complexity index is 781. The normalized spacial score (nSPS) is 17.6. The molecule has 0 saturated carbocycles. The molecule has 1 rings (SSSR count). The lowest BCUT2D eigenvalue weighted by atomic mass is 9.90. The number of carbonyl (C=O) groups is 4. The molecule has 0 aromatic rings. The van der Waals surface area contributed by atoms with Gasteiger partial charge in [0.2, 0.25) is 18.2 Å². The predicted octanol–water partition coefficient (Wildman–Crippen LogP) is 2.52. The number of likely N-dealkylation sites (tertiary alicyclic amines) is 1. The molecular weight excluding hydrogens is 623 g/mol. The zero-order valence-electron chi connectivity index (χ0n) is 31.4. The minimum atomic E-state index is -1.36. The van der Waals surface area contributed by atoms with Crippen molar-refractivity contribution in [2.75, 3.05) is 60.7 Å². The minimum Gasteiger partial charge on any atom is -0.379 e. The molecule has 1 heterocycles. The Morgan fingerprint density at radius 3 is 2.09 bits per heavy atom. The number of ether oxygens (including phenoxy) is 2. The first kappa shape index (κ1) is 49.7. The summed E-state index contributed by atoms with van der Waals surface area (Å²) in [4.78, 5) is 57.8. The molecule has 7 N–H and O–H groups in total. The molecule has 0 aromatic carbocycles. The molecule has 1 aliphatic rings. The van der Waals surface area contributed by atoms with Gasteiger partial charge in [-0.15, -0.1) is 0 Å². The van der Waals surface area contributed by atoms with Crippen molar-refractivity contribution in [3.05, 3.63) is 0 Å². The molecule has 1 fully saturated rings. The van der Waals surface area contributed by atoms with Gasteiger partial charge in [-0.25, -0.2) is 0 Å². The predicted molar refractivity (Wildman–Crippen MR) is 193 cm³/mol. The highest BCUT2D eigenvalue weighted by Gasteiger charge is 2.39. The number of nitrogens with two attached hydrogens (primary N) is 2. The summed E-state index contributed by atoms with van der Waals surface area (Å²) in [5.74, 6) is 0.160. The van der Waals surface area contributed by atoms with E-state index in [0.717, 1.165) is 45.3 Å². The van der Waals surface area contributed by atoms with Gasteiger partial charge >= 0.3 is 0 Å². The number of aldehydes is 1. The van der Waals surface area contributed by atoms with Crippen LogP contribution in [0.2, 0.25) is 0 Å². The number of methoxy groups -OCH3 is 2. The molecule has 14 heteroatoms. The molecule has 0 radical (unpaired) electrons. The Hall–Kier alpha value is -1.73. The summed E-state index contributed by atoms with van der Waals surface area (Å²) < 4.78 is 11.4. The lowest BCUT2D eigenvalue weighted by Gasteiger charge is -2.39. The van der Waals surface area contributed by atoms with Crippen LogP contribution < -0.4 is 22.1 Å². The first-order valence-electron chi connectivity index (χ1n) is 17.0. The quantitative estimate of drug-likeness (QED) is 0.0764. The van der Waals surface area contributed by atoms with Crippen LogP contribution in [0.25, 0.3) is 0 Å². The topological polar surface area (TPSA) is 190 Å². The van der Waals surface area contributed by atoms with Crippen LogP contribution in [-0.4, -0.2) is 130 Å². The van der Waals surface area contributed by atoms with Crippen molar-refractivity contribution in [1.29, 1.82) is 0 Å². The maximum atomic E-state index is 13.2. The zero-order valence-corrected chi connectivity index (χ0v) is 32.3. The van der Waals surface area contributed by atoms with Gasteiger partial charge < -0.3 is 51.1 Å². The Morgan fingerprint density at radius 1 is 1.11 bits per heavy atom. The summed E-state index contributed by atoms with van der Waals surface area (Å²) in [5, 5.41) is 5.36. The Morgan fingerprint density at radius 2 is 1.70 bits per heavy atom. The molecule has 13 nitrogen and oxygen atoms in total. The average Bonchev–Trinajstić information content (AvgIpc) is 3.53. The third-order valence-electron chi connectivity index (χ3n) is 7.88. The SMILES string of the molecule is CCC.CCC(C)C(C(CC(=O)N1CCCC1C(OC)C(C)C)OC)N(C)C(=O)CN.CNCCCN.C[C@H](NC=O)P(O)CC=O. The molecule has 1 saturated heterocycles. The summed E-state index contributed by atoms with van der Waals surface area (Å²) >= 11 is 0. The van der Waals surface area contributed by atoms with Gasteiger partial charge in [-0.2, -0.15) is 0 Å². The van der Waals surface area contributed by atoms with E-state index in [4.69, 9.17) is 25.8 Å². The van der Waals surface area contributed by atoms with E-state index in [1.807, 2.05) is 11.9 Å². The average molecular weight is 695 g/mol. The van der Waals surface area contributed by atoms with Gasteiger partial charge in [0.25, 0.3) is 0 Å². The van der Waals surface area contributed by atoms with E-state index >= 15 is 0 Å². The van der Waals surface area contributed by atoms with Crippen LogP contribution in [-0.2, 0) is 28.7 Å². The van der Waals surface area contributed by atoms with Gasteiger partial charge in [0.1, 0.15) is 6.29 Å². The Balaban J connectivity index is -0.000000829. The Labute approximate surface area is 287 Å². The second-order valence-corrected chi connectivity index (χ2v) is 14.0. The number of likely N-dealkylation sites (N-methyl/N-ethyl adjacent to an activating group) is 1. The van der Waals surface area contributed by atoms with Crippen molar-refractivity contribution >= 4 is 32.7 Å². The Kier molecular flexibility index (Phi) is 33.3. The van der Waals surface area contributed by atoms with Gasteiger partial charge in [-0.05, 0) is 58.2 Å². The lowest BCUT2D eigenvalue weighted by Crippen LogP contribution is -2.53. The molecule has 0 spiro atoms. The lowest BCUT2D eigenvalue weighted by molar-refractivity contribution is -0.143. The van der Waals surface area contributed by atoms with Crippen LogP contribution in [0.3, 0.4) is 0 Å². The van der Waals surface area contributed by atoms with Crippen molar-refractivity contribution in [2.24, 2.45) is 23.3 Å². The van der Waals surface area contributed by atoms with Crippen molar-refractivity contribution in [3.63, 3.8) is 0 Å². The summed E-state index contributed by atoms with van der Waals surface area (Å²) in [7, 11) is 5.65. The van der Waals surface area contributed by atoms with E-state index < -0.39 is 8.15 Å². The van der Waals surface area contributed by atoms with Crippen LogP contribution in [0.5, 0.6) is 0 Å². The second-order valence-electron chi connectivity index (χ2n) is 12.0. The maximum absolute atomic E-state index is 13.2.